The zero-order valence-corrected chi connectivity index (χ0v) is 15.6. The first-order valence-corrected chi connectivity index (χ1v) is 8.02. The fourth-order valence-corrected chi connectivity index (χ4v) is 2.12. The number of halogens is 3. The second kappa shape index (κ2) is 8.94. The lowest BCUT2D eigenvalue weighted by atomic mass is 10.1. The van der Waals surface area contributed by atoms with Crippen molar-refractivity contribution in [1.82, 2.24) is 0 Å². The van der Waals surface area contributed by atoms with Gasteiger partial charge in [-0.2, -0.15) is 0 Å². The van der Waals surface area contributed by atoms with Gasteiger partial charge in [0, 0.05) is 10.0 Å². The van der Waals surface area contributed by atoms with Gasteiger partial charge in [0.2, 0.25) is 0 Å². The summed E-state index contributed by atoms with van der Waals surface area (Å²) in [4.78, 5) is 21.1. The summed E-state index contributed by atoms with van der Waals surface area (Å²) in [6, 6.07) is 10.8. The number of benzene rings is 2. The second-order valence-corrected chi connectivity index (χ2v) is 6.58. The van der Waals surface area contributed by atoms with Gasteiger partial charge in [0.1, 0.15) is 5.75 Å². The van der Waals surface area contributed by atoms with Crippen LogP contribution in [0.4, 0.5) is 0 Å². The molecule has 0 heterocycles. The summed E-state index contributed by atoms with van der Waals surface area (Å²) in [7, 11) is 0. The topological polar surface area (TPSA) is 83.8 Å². The molecule has 0 radical (unpaired) electrons. The van der Waals surface area contributed by atoms with Crippen molar-refractivity contribution >= 4 is 46.7 Å². The van der Waals surface area contributed by atoms with Crippen LogP contribution in [0, 0.1) is 0 Å². The molecule has 2 N–H and O–H groups in total. The highest BCUT2D eigenvalue weighted by Gasteiger charge is 2.29. The molecule has 2 rings (SSSR count). The van der Waals surface area contributed by atoms with E-state index < -0.39 is 17.5 Å². The number of aliphatic carboxylic acids is 1. The molecule has 5 nitrogen and oxygen atoms in total. The molecule has 0 aromatic heterocycles. The van der Waals surface area contributed by atoms with E-state index in [1.807, 2.05) is 0 Å². The van der Waals surface area contributed by atoms with E-state index in [9.17, 15) is 9.59 Å². The van der Waals surface area contributed by atoms with E-state index in [1.54, 1.807) is 24.3 Å². The van der Waals surface area contributed by atoms with Crippen LogP contribution in [0.5, 0.6) is 5.75 Å². The summed E-state index contributed by atoms with van der Waals surface area (Å²) in [6.07, 6.45) is 0. The number of ether oxygens (including phenoxy) is 1. The number of carboxylic acids is 2. The van der Waals surface area contributed by atoms with E-state index in [1.165, 1.54) is 32.0 Å². The second-order valence-electron chi connectivity index (χ2n) is 5.30. The van der Waals surface area contributed by atoms with Crippen LogP contribution in [0.2, 0.25) is 15.1 Å². The number of carbonyl (C=O) groups is 2. The van der Waals surface area contributed by atoms with Crippen molar-refractivity contribution in [3.8, 4) is 5.75 Å². The van der Waals surface area contributed by atoms with Crippen molar-refractivity contribution in [2.24, 2.45) is 0 Å². The van der Waals surface area contributed by atoms with Crippen molar-refractivity contribution in [3.63, 3.8) is 0 Å². The molecular weight excluding hydrogens is 391 g/mol. The lowest BCUT2D eigenvalue weighted by Crippen LogP contribution is -2.37. The number of carboxylic acid groups (broad SMARTS) is 2. The summed E-state index contributed by atoms with van der Waals surface area (Å²) in [5, 5.41) is 18.5. The standard InChI is InChI=1S/C10H11ClO3.C7H4Cl2O2/c1-10(2,9(12)13)14-8-5-3-7(11)4-6-8;8-4-1-2-5(7(10)11)6(9)3-4/h3-6H,1-2H3,(H,12,13);1-3H,(H,10,11). The van der Waals surface area contributed by atoms with E-state index in [0.29, 0.717) is 15.8 Å². The van der Waals surface area contributed by atoms with Gasteiger partial charge in [0.15, 0.2) is 5.60 Å². The number of rotatable bonds is 4. The molecule has 0 aliphatic rings. The summed E-state index contributed by atoms with van der Waals surface area (Å²) >= 11 is 16.8. The highest BCUT2D eigenvalue weighted by Crippen LogP contribution is 2.21. The smallest absolute Gasteiger partial charge is 0.347 e. The summed E-state index contributed by atoms with van der Waals surface area (Å²) < 4.78 is 5.26. The molecule has 8 heteroatoms. The molecule has 0 unspecified atom stereocenters. The largest absolute Gasteiger partial charge is 0.478 e. The van der Waals surface area contributed by atoms with Crippen LogP contribution in [0.15, 0.2) is 42.5 Å². The summed E-state index contributed by atoms with van der Waals surface area (Å²) in [6.45, 7) is 2.98. The van der Waals surface area contributed by atoms with Crippen molar-refractivity contribution in [2.45, 2.75) is 19.4 Å². The SMILES string of the molecule is CC(C)(Oc1ccc(Cl)cc1)C(=O)O.O=C(O)c1ccc(Cl)cc1Cl. The lowest BCUT2D eigenvalue weighted by molar-refractivity contribution is -0.152. The molecule has 0 saturated heterocycles. The average Bonchev–Trinajstić information content (AvgIpc) is 2.49. The van der Waals surface area contributed by atoms with Gasteiger partial charge in [-0.15, -0.1) is 0 Å². The van der Waals surface area contributed by atoms with Crippen LogP contribution < -0.4 is 4.74 Å². The fourth-order valence-electron chi connectivity index (χ4n) is 1.50. The number of hydrogen-bond donors (Lipinski definition) is 2. The minimum Gasteiger partial charge on any atom is -0.478 e. The molecular formula is C17H15Cl3O5. The fraction of sp³-hybridized carbons (Fsp3) is 0.176. The van der Waals surface area contributed by atoms with E-state index in [0.717, 1.165) is 0 Å². The van der Waals surface area contributed by atoms with Gasteiger partial charge in [0.05, 0.1) is 10.6 Å². The lowest BCUT2D eigenvalue weighted by Gasteiger charge is -2.21. The minimum atomic E-state index is -1.23. The molecule has 0 amide bonds. The van der Waals surface area contributed by atoms with Gasteiger partial charge in [-0.05, 0) is 56.3 Å². The predicted octanol–water partition coefficient (Wildman–Crippen LogP) is 5.27. The molecule has 0 fully saturated rings. The Kier molecular flexibility index (Phi) is 7.55. The Hall–Kier alpha value is -1.95. The highest BCUT2D eigenvalue weighted by atomic mass is 35.5. The summed E-state index contributed by atoms with van der Waals surface area (Å²) in [5.74, 6) is -1.57. The van der Waals surface area contributed by atoms with Gasteiger partial charge in [0.25, 0.3) is 0 Å². The van der Waals surface area contributed by atoms with E-state index in [4.69, 9.17) is 49.8 Å². The Morgan fingerprint density at radius 1 is 0.920 bits per heavy atom. The third-order valence-corrected chi connectivity index (χ3v) is 3.66. The van der Waals surface area contributed by atoms with Gasteiger partial charge in [-0.25, -0.2) is 9.59 Å². The van der Waals surface area contributed by atoms with Crippen LogP contribution in [0.25, 0.3) is 0 Å². The third-order valence-electron chi connectivity index (χ3n) is 2.86. The molecule has 2 aromatic rings. The van der Waals surface area contributed by atoms with Gasteiger partial charge in [-0.3, -0.25) is 0 Å². The molecule has 0 atom stereocenters. The molecule has 2 aromatic carbocycles. The molecule has 134 valence electrons. The normalized spacial score (nSPS) is 10.4. The van der Waals surface area contributed by atoms with Crippen LogP contribution >= 0.6 is 34.8 Å². The van der Waals surface area contributed by atoms with Gasteiger partial charge < -0.3 is 14.9 Å². The Morgan fingerprint density at radius 2 is 1.44 bits per heavy atom. The van der Waals surface area contributed by atoms with E-state index >= 15 is 0 Å². The van der Waals surface area contributed by atoms with Crippen LogP contribution in [-0.2, 0) is 4.79 Å². The van der Waals surface area contributed by atoms with Crippen LogP contribution in [-0.4, -0.2) is 27.8 Å². The molecule has 0 bridgehead atoms. The van der Waals surface area contributed by atoms with Crippen molar-refractivity contribution in [2.75, 3.05) is 0 Å². The zero-order valence-electron chi connectivity index (χ0n) is 13.3. The molecule has 0 aliphatic carbocycles. The monoisotopic (exact) mass is 404 g/mol. The third kappa shape index (κ3) is 6.82. The Morgan fingerprint density at radius 3 is 1.88 bits per heavy atom. The molecule has 25 heavy (non-hydrogen) atoms. The Bertz CT molecular complexity index is 757. The van der Waals surface area contributed by atoms with Crippen molar-refractivity contribution in [1.29, 1.82) is 0 Å². The molecule has 0 aliphatic heterocycles. The Labute approximate surface area is 159 Å². The van der Waals surface area contributed by atoms with E-state index in [-0.39, 0.29) is 10.6 Å². The highest BCUT2D eigenvalue weighted by molar-refractivity contribution is 6.36. The average molecular weight is 406 g/mol. The first-order chi connectivity index (χ1) is 11.5. The minimum absolute atomic E-state index is 0.0658. The van der Waals surface area contributed by atoms with Crippen LogP contribution in [0.1, 0.15) is 24.2 Å². The predicted molar refractivity (Wildman–Crippen MR) is 97.2 cm³/mol. The van der Waals surface area contributed by atoms with E-state index in [2.05, 4.69) is 0 Å². The maximum absolute atomic E-state index is 10.7. The zero-order chi connectivity index (χ0) is 19.2. The maximum atomic E-state index is 10.7. The maximum Gasteiger partial charge on any atom is 0.347 e. The first kappa shape index (κ1) is 21.1. The number of aromatic carboxylic acids is 1. The summed E-state index contributed by atoms with van der Waals surface area (Å²) in [5.41, 5.74) is -1.16. The molecule has 0 spiro atoms. The first-order valence-electron chi connectivity index (χ1n) is 6.89. The quantitative estimate of drug-likeness (QED) is 0.723. The molecule has 0 saturated carbocycles. The van der Waals surface area contributed by atoms with Gasteiger partial charge in [-0.1, -0.05) is 34.8 Å². The van der Waals surface area contributed by atoms with Crippen molar-refractivity contribution in [3.05, 3.63) is 63.1 Å². The Balaban J connectivity index is 0.000000257. The van der Waals surface area contributed by atoms with Crippen molar-refractivity contribution < 1.29 is 24.5 Å². The van der Waals surface area contributed by atoms with Gasteiger partial charge >= 0.3 is 11.9 Å². The van der Waals surface area contributed by atoms with Crippen LogP contribution in [0.3, 0.4) is 0 Å². The number of hydrogen-bond acceptors (Lipinski definition) is 3.